The molecule has 15 heavy (non-hydrogen) atoms. The third-order valence-electron chi connectivity index (χ3n) is 2.10. The highest BCUT2D eigenvalue weighted by atomic mass is 32.2. The number of rotatable bonds is 6. The van der Waals surface area contributed by atoms with E-state index in [-0.39, 0.29) is 0 Å². The van der Waals surface area contributed by atoms with Gasteiger partial charge in [0.2, 0.25) is 0 Å². The Labute approximate surface area is 97.2 Å². The average molecular weight is 224 g/mol. The molecule has 0 unspecified atom stereocenters. The molecule has 1 aromatic carbocycles. The van der Waals surface area contributed by atoms with Crippen LogP contribution < -0.4 is 4.74 Å². The van der Waals surface area contributed by atoms with Crippen LogP contribution in [0.2, 0.25) is 0 Å². The molecule has 0 amide bonds. The summed E-state index contributed by atoms with van der Waals surface area (Å²) in [5, 5.41) is 0. The van der Waals surface area contributed by atoms with Crippen molar-refractivity contribution >= 4 is 11.8 Å². The molecule has 84 valence electrons. The van der Waals surface area contributed by atoms with Crippen LogP contribution in [-0.4, -0.2) is 18.1 Å². The molecular weight excluding hydrogens is 204 g/mol. The molecule has 2 heteroatoms. The Morgan fingerprint density at radius 2 is 1.80 bits per heavy atom. The van der Waals surface area contributed by atoms with Crippen LogP contribution in [0.1, 0.15) is 24.5 Å². The van der Waals surface area contributed by atoms with Crippen molar-refractivity contribution in [2.75, 3.05) is 18.1 Å². The Hall–Kier alpha value is -0.630. The van der Waals surface area contributed by atoms with E-state index in [1.54, 1.807) is 0 Å². The van der Waals surface area contributed by atoms with Gasteiger partial charge in [-0.3, -0.25) is 0 Å². The lowest BCUT2D eigenvalue weighted by Crippen LogP contribution is -1.99. The number of ether oxygens (including phenoxy) is 1. The maximum Gasteiger partial charge on any atom is 0.119 e. The fourth-order valence-electron chi connectivity index (χ4n) is 1.51. The summed E-state index contributed by atoms with van der Waals surface area (Å²) >= 11 is 1.97. The predicted octanol–water partition coefficient (Wildman–Crippen LogP) is 3.83. The summed E-state index contributed by atoms with van der Waals surface area (Å²) in [6.07, 6.45) is 1.13. The van der Waals surface area contributed by atoms with E-state index in [2.05, 4.69) is 39.0 Å². The summed E-state index contributed by atoms with van der Waals surface area (Å²) in [6, 6.07) is 6.36. The van der Waals surface area contributed by atoms with E-state index in [0.717, 1.165) is 18.8 Å². The molecule has 0 radical (unpaired) electrons. The minimum absolute atomic E-state index is 0.829. The van der Waals surface area contributed by atoms with Crippen molar-refractivity contribution in [3.8, 4) is 5.75 Å². The van der Waals surface area contributed by atoms with Crippen molar-refractivity contribution in [3.63, 3.8) is 0 Å². The van der Waals surface area contributed by atoms with Crippen LogP contribution in [0, 0.1) is 13.8 Å². The van der Waals surface area contributed by atoms with Gasteiger partial charge in [0, 0.05) is 0 Å². The van der Waals surface area contributed by atoms with Gasteiger partial charge >= 0.3 is 0 Å². The zero-order valence-corrected chi connectivity index (χ0v) is 10.7. The van der Waals surface area contributed by atoms with Gasteiger partial charge in [-0.25, -0.2) is 0 Å². The first kappa shape index (κ1) is 12.4. The van der Waals surface area contributed by atoms with Gasteiger partial charge in [-0.05, 0) is 55.0 Å². The molecule has 1 aromatic rings. The smallest absolute Gasteiger partial charge is 0.119 e. The molecular formula is C13H20OS. The highest BCUT2D eigenvalue weighted by molar-refractivity contribution is 7.99. The third kappa shape index (κ3) is 5.12. The summed E-state index contributed by atoms with van der Waals surface area (Å²) in [5.74, 6) is 3.40. The number of thioether (sulfide) groups is 1. The van der Waals surface area contributed by atoms with E-state index in [9.17, 15) is 0 Å². The Morgan fingerprint density at radius 1 is 1.13 bits per heavy atom. The molecule has 0 saturated heterocycles. The van der Waals surface area contributed by atoms with Gasteiger partial charge in [-0.2, -0.15) is 11.8 Å². The predicted molar refractivity (Wildman–Crippen MR) is 69.0 cm³/mol. The van der Waals surface area contributed by atoms with Gasteiger partial charge in [0.25, 0.3) is 0 Å². The van der Waals surface area contributed by atoms with Gasteiger partial charge < -0.3 is 4.74 Å². The van der Waals surface area contributed by atoms with E-state index in [0.29, 0.717) is 0 Å². The Balaban J connectivity index is 2.31. The third-order valence-corrected chi connectivity index (χ3v) is 3.09. The topological polar surface area (TPSA) is 9.23 Å². The molecule has 0 aromatic heterocycles. The van der Waals surface area contributed by atoms with Crippen LogP contribution in [0.25, 0.3) is 0 Å². The fourth-order valence-corrected chi connectivity index (χ4v) is 2.12. The SMILES string of the molecule is CCSCCCOc1cc(C)cc(C)c1. The average Bonchev–Trinajstić information content (AvgIpc) is 2.16. The van der Waals surface area contributed by atoms with E-state index in [4.69, 9.17) is 4.74 Å². The van der Waals surface area contributed by atoms with Crippen LogP contribution in [0.4, 0.5) is 0 Å². The molecule has 0 fully saturated rings. The Bertz CT molecular complexity index is 276. The van der Waals surface area contributed by atoms with E-state index < -0.39 is 0 Å². The molecule has 0 heterocycles. The van der Waals surface area contributed by atoms with Gasteiger partial charge in [0.15, 0.2) is 0 Å². The molecule has 0 N–H and O–H groups in total. The summed E-state index contributed by atoms with van der Waals surface area (Å²) in [4.78, 5) is 0. The standard InChI is InChI=1S/C13H20OS/c1-4-15-7-5-6-14-13-9-11(2)8-12(3)10-13/h8-10H,4-7H2,1-3H3. The second-order valence-electron chi connectivity index (χ2n) is 3.72. The summed E-state index contributed by atoms with van der Waals surface area (Å²) in [7, 11) is 0. The monoisotopic (exact) mass is 224 g/mol. The molecule has 0 aliphatic carbocycles. The van der Waals surface area contributed by atoms with Crippen molar-refractivity contribution < 1.29 is 4.74 Å². The van der Waals surface area contributed by atoms with E-state index in [1.165, 1.54) is 22.6 Å². The quantitative estimate of drug-likeness (QED) is 0.679. The summed E-state index contributed by atoms with van der Waals surface area (Å²) in [5.41, 5.74) is 2.54. The van der Waals surface area contributed by atoms with Crippen molar-refractivity contribution in [1.82, 2.24) is 0 Å². The highest BCUT2D eigenvalue weighted by Crippen LogP contribution is 2.16. The lowest BCUT2D eigenvalue weighted by molar-refractivity contribution is 0.318. The van der Waals surface area contributed by atoms with E-state index in [1.807, 2.05) is 11.8 Å². The lowest BCUT2D eigenvalue weighted by atomic mass is 10.1. The minimum atomic E-state index is 0.829. The number of aryl methyl sites for hydroxylation is 2. The van der Waals surface area contributed by atoms with Crippen LogP contribution >= 0.6 is 11.8 Å². The van der Waals surface area contributed by atoms with Crippen molar-refractivity contribution in [2.45, 2.75) is 27.2 Å². The van der Waals surface area contributed by atoms with Crippen LogP contribution in [0.5, 0.6) is 5.75 Å². The van der Waals surface area contributed by atoms with Crippen LogP contribution in [0.3, 0.4) is 0 Å². The van der Waals surface area contributed by atoms with Gasteiger partial charge in [-0.1, -0.05) is 13.0 Å². The molecule has 1 rings (SSSR count). The van der Waals surface area contributed by atoms with Gasteiger partial charge in [-0.15, -0.1) is 0 Å². The maximum absolute atomic E-state index is 5.70. The van der Waals surface area contributed by atoms with Crippen molar-refractivity contribution in [2.24, 2.45) is 0 Å². The second-order valence-corrected chi connectivity index (χ2v) is 5.12. The minimum Gasteiger partial charge on any atom is -0.494 e. The van der Waals surface area contributed by atoms with Crippen LogP contribution in [0.15, 0.2) is 18.2 Å². The lowest BCUT2D eigenvalue weighted by Gasteiger charge is -2.07. The number of hydrogen-bond acceptors (Lipinski definition) is 2. The molecule has 0 atom stereocenters. The molecule has 1 nitrogen and oxygen atoms in total. The highest BCUT2D eigenvalue weighted by Gasteiger charge is 1.96. The summed E-state index contributed by atoms with van der Waals surface area (Å²) < 4.78 is 5.70. The number of benzene rings is 1. The largest absolute Gasteiger partial charge is 0.494 e. The zero-order chi connectivity index (χ0) is 11.1. The second kappa shape index (κ2) is 6.78. The van der Waals surface area contributed by atoms with E-state index >= 15 is 0 Å². The van der Waals surface area contributed by atoms with Gasteiger partial charge in [0.1, 0.15) is 5.75 Å². The molecule has 0 aliphatic heterocycles. The molecule has 0 saturated carbocycles. The Kier molecular flexibility index (Phi) is 5.62. The van der Waals surface area contributed by atoms with Crippen LogP contribution in [-0.2, 0) is 0 Å². The van der Waals surface area contributed by atoms with Gasteiger partial charge in [0.05, 0.1) is 6.61 Å². The first-order valence-corrected chi connectivity index (χ1v) is 6.66. The fraction of sp³-hybridized carbons (Fsp3) is 0.538. The summed E-state index contributed by atoms with van der Waals surface area (Å²) in [6.45, 7) is 7.23. The van der Waals surface area contributed by atoms with Crippen molar-refractivity contribution in [3.05, 3.63) is 29.3 Å². The first-order valence-electron chi connectivity index (χ1n) is 5.51. The molecule has 0 aliphatic rings. The molecule has 0 bridgehead atoms. The maximum atomic E-state index is 5.70. The number of hydrogen-bond donors (Lipinski definition) is 0. The first-order chi connectivity index (χ1) is 7.22. The Morgan fingerprint density at radius 3 is 2.40 bits per heavy atom. The normalized spacial score (nSPS) is 10.3. The van der Waals surface area contributed by atoms with Crippen molar-refractivity contribution in [1.29, 1.82) is 0 Å². The molecule has 0 spiro atoms. The zero-order valence-electron chi connectivity index (χ0n) is 9.88.